The van der Waals surface area contributed by atoms with Gasteiger partial charge in [0, 0.05) is 5.69 Å². The molecule has 1 aliphatic heterocycles. The van der Waals surface area contributed by atoms with Gasteiger partial charge in [0.25, 0.3) is 5.91 Å². The SMILES string of the molecule is CCc1cccc(NC(=O)C[NH+]2CC[NH+](Cc3nc4ccccc4s3)CC2)c1. The smallest absolute Gasteiger partial charge is 0.279 e. The Morgan fingerprint density at radius 3 is 2.64 bits per heavy atom. The monoisotopic (exact) mass is 396 g/mol. The molecule has 2 aromatic carbocycles. The van der Waals surface area contributed by atoms with Gasteiger partial charge in [0.15, 0.2) is 6.54 Å². The Bertz CT molecular complexity index is 913. The number of aromatic nitrogens is 1. The summed E-state index contributed by atoms with van der Waals surface area (Å²) < 4.78 is 1.27. The maximum atomic E-state index is 12.4. The number of piperazine rings is 1. The number of benzene rings is 2. The van der Waals surface area contributed by atoms with Crippen LogP contribution in [-0.4, -0.2) is 43.6 Å². The third-order valence-corrected chi connectivity index (χ3v) is 6.47. The molecule has 146 valence electrons. The third-order valence-electron chi connectivity index (χ3n) is 5.43. The fraction of sp³-hybridized carbons (Fsp3) is 0.364. The molecule has 1 aromatic heterocycles. The fourth-order valence-electron chi connectivity index (χ4n) is 3.82. The maximum Gasteiger partial charge on any atom is 0.279 e. The summed E-state index contributed by atoms with van der Waals surface area (Å²) in [6, 6.07) is 16.5. The molecule has 0 saturated carbocycles. The molecule has 28 heavy (non-hydrogen) atoms. The van der Waals surface area contributed by atoms with Gasteiger partial charge in [-0.05, 0) is 36.2 Å². The van der Waals surface area contributed by atoms with Crippen LogP contribution in [0.1, 0.15) is 17.5 Å². The lowest BCUT2D eigenvalue weighted by molar-refractivity contribution is -1.01. The molecular weight excluding hydrogens is 368 g/mol. The van der Waals surface area contributed by atoms with Gasteiger partial charge in [-0.25, -0.2) is 4.98 Å². The Balaban J connectivity index is 1.25. The van der Waals surface area contributed by atoms with Crippen molar-refractivity contribution in [2.75, 3.05) is 38.0 Å². The van der Waals surface area contributed by atoms with Crippen molar-refractivity contribution in [3.8, 4) is 0 Å². The van der Waals surface area contributed by atoms with E-state index < -0.39 is 0 Å². The van der Waals surface area contributed by atoms with Gasteiger partial charge in [0.05, 0.1) is 10.2 Å². The van der Waals surface area contributed by atoms with Crippen LogP contribution in [0.3, 0.4) is 0 Å². The summed E-state index contributed by atoms with van der Waals surface area (Å²) in [6.45, 7) is 7.90. The van der Waals surface area contributed by atoms with E-state index in [1.54, 1.807) is 16.2 Å². The molecule has 0 unspecified atom stereocenters. The molecule has 6 heteroatoms. The summed E-state index contributed by atoms with van der Waals surface area (Å²) >= 11 is 1.80. The lowest BCUT2D eigenvalue weighted by atomic mass is 10.1. The first-order valence-corrected chi connectivity index (χ1v) is 10.9. The predicted molar refractivity (Wildman–Crippen MR) is 114 cm³/mol. The average Bonchev–Trinajstić information content (AvgIpc) is 3.12. The molecule has 4 rings (SSSR count). The summed E-state index contributed by atoms with van der Waals surface area (Å²) in [4.78, 5) is 20.1. The average molecular weight is 397 g/mol. The van der Waals surface area contributed by atoms with E-state index in [-0.39, 0.29) is 5.91 Å². The van der Waals surface area contributed by atoms with Crippen LogP contribution in [0.25, 0.3) is 10.2 Å². The van der Waals surface area contributed by atoms with E-state index in [0.29, 0.717) is 6.54 Å². The van der Waals surface area contributed by atoms with E-state index in [2.05, 4.69) is 42.6 Å². The molecule has 0 radical (unpaired) electrons. The number of para-hydroxylation sites is 1. The van der Waals surface area contributed by atoms with Gasteiger partial charge in [-0.15, -0.1) is 11.3 Å². The highest BCUT2D eigenvalue weighted by molar-refractivity contribution is 7.18. The Morgan fingerprint density at radius 1 is 1.07 bits per heavy atom. The number of aryl methyl sites for hydroxylation is 1. The van der Waals surface area contributed by atoms with Crippen LogP contribution in [0, 0.1) is 0 Å². The van der Waals surface area contributed by atoms with Gasteiger partial charge in [0.2, 0.25) is 0 Å². The Labute approximate surface area is 170 Å². The first-order chi connectivity index (χ1) is 13.7. The zero-order valence-electron chi connectivity index (χ0n) is 16.3. The van der Waals surface area contributed by atoms with Crippen LogP contribution in [0.15, 0.2) is 48.5 Å². The molecule has 5 nitrogen and oxygen atoms in total. The van der Waals surface area contributed by atoms with Gasteiger partial charge in [-0.1, -0.05) is 31.2 Å². The number of carbonyl (C=O) groups excluding carboxylic acids is 1. The van der Waals surface area contributed by atoms with E-state index in [0.717, 1.165) is 50.3 Å². The minimum atomic E-state index is 0.109. The summed E-state index contributed by atoms with van der Waals surface area (Å²) in [5.74, 6) is 0.109. The van der Waals surface area contributed by atoms with Crippen molar-refractivity contribution in [3.05, 3.63) is 59.1 Å². The maximum absolute atomic E-state index is 12.4. The number of amides is 1. The van der Waals surface area contributed by atoms with Crippen LogP contribution in [0.5, 0.6) is 0 Å². The van der Waals surface area contributed by atoms with Crippen molar-refractivity contribution in [2.24, 2.45) is 0 Å². The standard InChI is InChI=1S/C22H26N4OS/c1-2-17-6-5-7-18(14-17)23-21(27)15-25-10-12-26(13-11-25)16-22-24-19-8-3-4-9-20(19)28-22/h3-9,14H,2,10-13,15-16H2,1H3,(H,23,27)/p+2. The van der Waals surface area contributed by atoms with Gasteiger partial charge in [-0.3, -0.25) is 4.79 Å². The zero-order valence-corrected chi connectivity index (χ0v) is 17.1. The molecule has 3 N–H and O–H groups in total. The number of quaternary nitrogens is 2. The highest BCUT2D eigenvalue weighted by Gasteiger charge is 2.25. The number of thiazole rings is 1. The minimum absolute atomic E-state index is 0.109. The number of carbonyl (C=O) groups is 1. The van der Waals surface area contributed by atoms with E-state index in [1.165, 1.54) is 20.2 Å². The number of hydrogen-bond acceptors (Lipinski definition) is 3. The van der Waals surface area contributed by atoms with Crippen molar-refractivity contribution >= 4 is 33.1 Å². The van der Waals surface area contributed by atoms with E-state index in [4.69, 9.17) is 4.98 Å². The van der Waals surface area contributed by atoms with Crippen molar-refractivity contribution in [1.29, 1.82) is 0 Å². The van der Waals surface area contributed by atoms with Gasteiger partial charge in [-0.2, -0.15) is 0 Å². The Morgan fingerprint density at radius 2 is 1.86 bits per heavy atom. The second-order valence-corrected chi connectivity index (χ2v) is 8.65. The van der Waals surface area contributed by atoms with Crippen LogP contribution in [-0.2, 0) is 17.8 Å². The lowest BCUT2D eigenvalue weighted by Crippen LogP contribution is -3.28. The predicted octanol–water partition coefficient (Wildman–Crippen LogP) is 0.781. The summed E-state index contributed by atoms with van der Waals surface area (Å²) in [6.07, 6.45) is 0.981. The molecular formula is C22H28N4OS+2. The van der Waals surface area contributed by atoms with Crippen LogP contribution < -0.4 is 15.1 Å². The second-order valence-electron chi connectivity index (χ2n) is 7.53. The van der Waals surface area contributed by atoms with E-state index >= 15 is 0 Å². The van der Waals surface area contributed by atoms with Gasteiger partial charge < -0.3 is 15.1 Å². The number of hydrogen-bond donors (Lipinski definition) is 3. The molecule has 1 aliphatic rings. The molecule has 0 bridgehead atoms. The highest BCUT2D eigenvalue weighted by atomic mass is 32.1. The molecule has 1 saturated heterocycles. The molecule has 0 spiro atoms. The van der Waals surface area contributed by atoms with Crippen molar-refractivity contribution in [1.82, 2.24) is 4.98 Å². The fourth-order valence-corrected chi connectivity index (χ4v) is 4.86. The Kier molecular flexibility index (Phi) is 6.00. The topological polar surface area (TPSA) is 50.9 Å². The minimum Gasteiger partial charge on any atom is -0.321 e. The first kappa shape index (κ1) is 19.1. The van der Waals surface area contributed by atoms with Crippen molar-refractivity contribution in [3.63, 3.8) is 0 Å². The van der Waals surface area contributed by atoms with E-state index in [9.17, 15) is 4.79 Å². The third kappa shape index (κ3) is 4.76. The highest BCUT2D eigenvalue weighted by Crippen LogP contribution is 2.20. The van der Waals surface area contributed by atoms with Gasteiger partial charge in [0.1, 0.15) is 37.7 Å². The molecule has 1 fully saturated rings. The zero-order chi connectivity index (χ0) is 19.3. The number of anilines is 1. The summed E-state index contributed by atoms with van der Waals surface area (Å²) in [7, 11) is 0. The van der Waals surface area contributed by atoms with E-state index in [1.807, 2.05) is 18.2 Å². The number of nitrogens with one attached hydrogen (secondary N) is 3. The molecule has 3 aromatic rings. The molecule has 1 amide bonds. The normalized spacial score (nSPS) is 19.6. The molecule has 0 aliphatic carbocycles. The van der Waals surface area contributed by atoms with Crippen molar-refractivity contribution < 1.29 is 14.6 Å². The van der Waals surface area contributed by atoms with Crippen LogP contribution in [0.4, 0.5) is 5.69 Å². The van der Waals surface area contributed by atoms with Crippen molar-refractivity contribution in [2.45, 2.75) is 19.9 Å². The number of rotatable bonds is 6. The quantitative estimate of drug-likeness (QED) is 0.577. The first-order valence-electron chi connectivity index (χ1n) is 10.1. The Hall–Kier alpha value is -2.28. The van der Waals surface area contributed by atoms with Gasteiger partial charge >= 0.3 is 0 Å². The number of nitrogens with zero attached hydrogens (tertiary/aromatic N) is 1. The second kappa shape index (κ2) is 8.82. The molecule has 2 heterocycles. The summed E-state index contributed by atoms with van der Waals surface area (Å²) in [5.41, 5.74) is 3.26. The lowest BCUT2D eigenvalue weighted by Gasteiger charge is -2.28. The molecule has 0 atom stereocenters. The summed E-state index contributed by atoms with van der Waals surface area (Å²) in [5, 5.41) is 4.27. The van der Waals surface area contributed by atoms with Crippen LogP contribution >= 0.6 is 11.3 Å². The van der Waals surface area contributed by atoms with Crippen LogP contribution in [0.2, 0.25) is 0 Å². The number of fused-ring (bicyclic) bond motifs is 1. The largest absolute Gasteiger partial charge is 0.321 e.